The third kappa shape index (κ3) is 1.89. The summed E-state index contributed by atoms with van der Waals surface area (Å²) in [6.07, 6.45) is 0. The summed E-state index contributed by atoms with van der Waals surface area (Å²) in [5.74, 6) is 6.97. The van der Waals surface area contributed by atoms with Crippen molar-refractivity contribution in [3.8, 4) is 17.1 Å². The molecule has 5 heteroatoms. The van der Waals surface area contributed by atoms with E-state index in [4.69, 9.17) is 10.6 Å². The van der Waals surface area contributed by atoms with E-state index in [1.54, 1.807) is 31.4 Å². The minimum atomic E-state index is -0.270. The molecule has 100 valence electrons. The number of methoxy groups -OCH3 is 1. The Morgan fingerprint density at radius 3 is 2.75 bits per heavy atom. The first kappa shape index (κ1) is 12.2. The van der Waals surface area contributed by atoms with Crippen molar-refractivity contribution in [1.82, 2.24) is 9.66 Å². The molecule has 20 heavy (non-hydrogen) atoms. The van der Waals surface area contributed by atoms with Gasteiger partial charge in [0.25, 0.3) is 5.56 Å². The normalized spacial score (nSPS) is 10.7. The molecule has 0 unspecified atom stereocenters. The third-order valence-corrected chi connectivity index (χ3v) is 3.14. The average Bonchev–Trinajstić information content (AvgIpc) is 2.51. The molecule has 0 saturated heterocycles. The van der Waals surface area contributed by atoms with E-state index in [-0.39, 0.29) is 5.56 Å². The van der Waals surface area contributed by atoms with Crippen LogP contribution in [-0.2, 0) is 0 Å². The van der Waals surface area contributed by atoms with Gasteiger partial charge in [-0.2, -0.15) is 0 Å². The first-order valence-corrected chi connectivity index (χ1v) is 6.12. The molecule has 0 amide bonds. The average molecular weight is 267 g/mol. The molecule has 0 fully saturated rings. The molecule has 3 rings (SSSR count). The molecule has 3 aromatic rings. The summed E-state index contributed by atoms with van der Waals surface area (Å²) in [6, 6.07) is 14.4. The van der Waals surface area contributed by atoms with Gasteiger partial charge in [0.05, 0.1) is 18.0 Å². The second kappa shape index (κ2) is 4.70. The van der Waals surface area contributed by atoms with E-state index in [0.717, 1.165) is 10.2 Å². The van der Waals surface area contributed by atoms with Crippen LogP contribution in [0.15, 0.2) is 53.3 Å². The Kier molecular flexibility index (Phi) is 2.87. The van der Waals surface area contributed by atoms with E-state index in [2.05, 4.69) is 4.98 Å². The van der Waals surface area contributed by atoms with Gasteiger partial charge in [0, 0.05) is 5.56 Å². The Balaban J connectivity index is 2.31. The molecule has 0 spiro atoms. The summed E-state index contributed by atoms with van der Waals surface area (Å²) in [5, 5.41) is 0.502. The highest BCUT2D eigenvalue weighted by Crippen LogP contribution is 2.21. The first-order chi connectivity index (χ1) is 9.70. The summed E-state index contributed by atoms with van der Waals surface area (Å²) >= 11 is 0. The number of hydrogen-bond acceptors (Lipinski definition) is 4. The largest absolute Gasteiger partial charge is 0.497 e. The number of hydrogen-bond donors (Lipinski definition) is 1. The Bertz CT molecular complexity index is 840. The summed E-state index contributed by atoms with van der Waals surface area (Å²) in [4.78, 5) is 16.7. The van der Waals surface area contributed by atoms with Gasteiger partial charge in [0.2, 0.25) is 0 Å². The van der Waals surface area contributed by atoms with Crippen LogP contribution in [-0.4, -0.2) is 16.8 Å². The highest BCUT2D eigenvalue weighted by Gasteiger charge is 2.10. The van der Waals surface area contributed by atoms with Crippen LogP contribution in [0.3, 0.4) is 0 Å². The maximum absolute atomic E-state index is 12.2. The molecule has 0 saturated carbocycles. The Labute approximate surface area is 115 Å². The van der Waals surface area contributed by atoms with Crippen molar-refractivity contribution in [3.05, 3.63) is 58.9 Å². The summed E-state index contributed by atoms with van der Waals surface area (Å²) < 4.78 is 6.24. The van der Waals surface area contributed by atoms with Crippen LogP contribution in [0.5, 0.6) is 5.75 Å². The number of aromatic nitrogens is 2. The molecule has 0 aliphatic heterocycles. The standard InChI is InChI=1S/C15H13N3O2/c1-20-11-6-4-5-10(9-11)14-17-13-8-3-2-7-12(13)15(19)18(14)16/h2-9H,16H2,1H3. The van der Waals surface area contributed by atoms with Gasteiger partial charge in [-0.25, -0.2) is 9.66 Å². The lowest BCUT2D eigenvalue weighted by atomic mass is 10.2. The van der Waals surface area contributed by atoms with Gasteiger partial charge < -0.3 is 10.6 Å². The Morgan fingerprint density at radius 2 is 1.95 bits per heavy atom. The van der Waals surface area contributed by atoms with Gasteiger partial charge in [-0.1, -0.05) is 24.3 Å². The van der Waals surface area contributed by atoms with Crippen molar-refractivity contribution >= 4 is 10.9 Å². The second-order valence-corrected chi connectivity index (χ2v) is 4.36. The maximum atomic E-state index is 12.2. The van der Waals surface area contributed by atoms with E-state index in [1.807, 2.05) is 24.3 Å². The highest BCUT2D eigenvalue weighted by molar-refractivity contribution is 5.79. The highest BCUT2D eigenvalue weighted by atomic mass is 16.5. The molecule has 0 bridgehead atoms. The molecular formula is C15H13N3O2. The number of benzene rings is 2. The van der Waals surface area contributed by atoms with Crippen molar-refractivity contribution in [2.24, 2.45) is 0 Å². The van der Waals surface area contributed by atoms with Crippen molar-refractivity contribution in [2.45, 2.75) is 0 Å². The molecule has 0 aliphatic rings. The molecule has 0 aliphatic carbocycles. The summed E-state index contributed by atoms with van der Waals surface area (Å²) in [5.41, 5.74) is 1.08. The number of fused-ring (bicyclic) bond motifs is 1. The van der Waals surface area contributed by atoms with Gasteiger partial charge in [-0.3, -0.25) is 4.79 Å². The quantitative estimate of drug-likeness (QED) is 0.719. The fourth-order valence-corrected chi connectivity index (χ4v) is 2.11. The number of rotatable bonds is 2. The number of ether oxygens (including phenoxy) is 1. The predicted octanol–water partition coefficient (Wildman–Crippen LogP) is 1.79. The van der Waals surface area contributed by atoms with E-state index in [1.165, 1.54) is 0 Å². The molecule has 5 nitrogen and oxygen atoms in total. The van der Waals surface area contributed by atoms with E-state index >= 15 is 0 Å². The van der Waals surface area contributed by atoms with Gasteiger partial charge in [-0.15, -0.1) is 0 Å². The zero-order chi connectivity index (χ0) is 14.1. The van der Waals surface area contributed by atoms with Gasteiger partial charge in [0.1, 0.15) is 5.75 Å². The lowest BCUT2D eigenvalue weighted by Crippen LogP contribution is -2.29. The zero-order valence-corrected chi connectivity index (χ0v) is 10.9. The number of para-hydroxylation sites is 1. The lowest BCUT2D eigenvalue weighted by molar-refractivity contribution is 0.415. The second-order valence-electron chi connectivity index (χ2n) is 4.36. The van der Waals surface area contributed by atoms with Crippen molar-refractivity contribution in [2.75, 3.05) is 13.0 Å². The van der Waals surface area contributed by atoms with Crippen LogP contribution < -0.4 is 16.1 Å². The van der Waals surface area contributed by atoms with Gasteiger partial charge in [0.15, 0.2) is 5.82 Å². The minimum Gasteiger partial charge on any atom is -0.497 e. The topological polar surface area (TPSA) is 70.1 Å². The SMILES string of the molecule is COc1cccc(-c2nc3ccccc3c(=O)n2N)c1. The van der Waals surface area contributed by atoms with Crippen LogP contribution in [0.2, 0.25) is 0 Å². The van der Waals surface area contributed by atoms with E-state index < -0.39 is 0 Å². The lowest BCUT2D eigenvalue weighted by Gasteiger charge is -2.09. The predicted molar refractivity (Wildman–Crippen MR) is 78.1 cm³/mol. The maximum Gasteiger partial charge on any atom is 0.280 e. The fourth-order valence-electron chi connectivity index (χ4n) is 2.11. The molecule has 2 aromatic carbocycles. The minimum absolute atomic E-state index is 0.270. The molecule has 0 atom stereocenters. The smallest absolute Gasteiger partial charge is 0.280 e. The van der Waals surface area contributed by atoms with E-state index in [9.17, 15) is 4.79 Å². The summed E-state index contributed by atoms with van der Waals surface area (Å²) in [7, 11) is 1.59. The van der Waals surface area contributed by atoms with Gasteiger partial charge >= 0.3 is 0 Å². The Hall–Kier alpha value is -2.82. The van der Waals surface area contributed by atoms with Crippen molar-refractivity contribution in [1.29, 1.82) is 0 Å². The van der Waals surface area contributed by atoms with Crippen LogP contribution in [0, 0.1) is 0 Å². The molecular weight excluding hydrogens is 254 g/mol. The molecule has 2 N–H and O–H groups in total. The number of nitrogens with two attached hydrogens (primary N) is 1. The van der Waals surface area contributed by atoms with Crippen LogP contribution >= 0.6 is 0 Å². The van der Waals surface area contributed by atoms with Gasteiger partial charge in [-0.05, 0) is 24.3 Å². The first-order valence-electron chi connectivity index (χ1n) is 6.12. The van der Waals surface area contributed by atoms with E-state index in [0.29, 0.717) is 22.5 Å². The zero-order valence-electron chi connectivity index (χ0n) is 10.9. The van der Waals surface area contributed by atoms with Crippen molar-refractivity contribution in [3.63, 3.8) is 0 Å². The molecule has 1 aromatic heterocycles. The van der Waals surface area contributed by atoms with Crippen molar-refractivity contribution < 1.29 is 4.74 Å². The third-order valence-electron chi connectivity index (χ3n) is 3.14. The van der Waals surface area contributed by atoms with Crippen LogP contribution in [0.4, 0.5) is 0 Å². The monoisotopic (exact) mass is 267 g/mol. The Morgan fingerprint density at radius 1 is 1.15 bits per heavy atom. The van der Waals surface area contributed by atoms with Crippen LogP contribution in [0.25, 0.3) is 22.3 Å². The van der Waals surface area contributed by atoms with Crippen LogP contribution in [0.1, 0.15) is 0 Å². The number of nitrogens with zero attached hydrogens (tertiary/aromatic N) is 2. The molecule has 1 heterocycles. The number of nitrogen functional groups attached to an aromatic ring is 1. The fraction of sp³-hybridized carbons (Fsp3) is 0.0667. The molecule has 0 radical (unpaired) electrons. The summed E-state index contributed by atoms with van der Waals surface area (Å²) in [6.45, 7) is 0.